The number of imidazole rings is 1. The van der Waals surface area contributed by atoms with E-state index in [9.17, 15) is 4.39 Å². The largest absolute Gasteiger partial charge is 0.340 e. The van der Waals surface area contributed by atoms with Gasteiger partial charge in [0, 0.05) is 35.8 Å². The van der Waals surface area contributed by atoms with Crippen molar-refractivity contribution in [2.24, 2.45) is 0 Å². The van der Waals surface area contributed by atoms with Gasteiger partial charge in [0.15, 0.2) is 5.82 Å². The second kappa shape index (κ2) is 9.43. The monoisotopic (exact) mass is 466 g/mol. The number of nitrogens with zero attached hydrogens (tertiary/aromatic N) is 4. The van der Waals surface area contributed by atoms with Gasteiger partial charge in [-0.15, -0.1) is 0 Å². The molecule has 35 heavy (non-hydrogen) atoms. The van der Waals surface area contributed by atoms with Gasteiger partial charge in [-0.1, -0.05) is 30.4 Å². The molecule has 0 radical (unpaired) electrons. The Morgan fingerprint density at radius 2 is 1.97 bits per heavy atom. The molecule has 7 heteroatoms. The van der Waals surface area contributed by atoms with Crippen molar-refractivity contribution in [3.63, 3.8) is 0 Å². The summed E-state index contributed by atoms with van der Waals surface area (Å²) in [5.41, 5.74) is 7.81. The van der Waals surface area contributed by atoms with Gasteiger partial charge >= 0.3 is 0 Å². The highest BCUT2D eigenvalue weighted by Gasteiger charge is 2.21. The molecule has 176 valence electrons. The summed E-state index contributed by atoms with van der Waals surface area (Å²) in [7, 11) is 0. The van der Waals surface area contributed by atoms with Gasteiger partial charge < -0.3 is 4.98 Å². The van der Waals surface area contributed by atoms with Crippen LogP contribution in [0.15, 0.2) is 55.0 Å². The number of benzene rings is 1. The van der Waals surface area contributed by atoms with Crippen molar-refractivity contribution in [3.8, 4) is 11.5 Å². The number of H-pyrrole nitrogens is 2. The van der Waals surface area contributed by atoms with Crippen LogP contribution in [0.5, 0.6) is 0 Å². The molecule has 4 aromatic rings. The fraction of sp³-hybridized carbons (Fsp3) is 0.250. The lowest BCUT2D eigenvalue weighted by molar-refractivity contribution is 0.331. The zero-order valence-electron chi connectivity index (χ0n) is 19.5. The third kappa shape index (κ3) is 4.59. The number of nitrogens with one attached hydrogen (secondary N) is 2. The van der Waals surface area contributed by atoms with Crippen LogP contribution in [0.3, 0.4) is 0 Å². The summed E-state index contributed by atoms with van der Waals surface area (Å²) in [4.78, 5) is 15.3. The highest BCUT2D eigenvalue weighted by Crippen LogP contribution is 2.33. The van der Waals surface area contributed by atoms with Gasteiger partial charge in [-0.3, -0.25) is 15.0 Å². The first kappa shape index (κ1) is 21.7. The molecule has 0 atom stereocenters. The van der Waals surface area contributed by atoms with E-state index in [1.165, 1.54) is 37.6 Å². The normalized spacial score (nSPS) is 16.1. The van der Waals surface area contributed by atoms with Gasteiger partial charge in [0.2, 0.25) is 0 Å². The second-order valence-electron chi connectivity index (χ2n) is 9.22. The maximum absolute atomic E-state index is 13.8. The molecule has 0 saturated carbocycles. The van der Waals surface area contributed by atoms with Crippen LogP contribution in [0.1, 0.15) is 52.9 Å². The van der Waals surface area contributed by atoms with E-state index in [1.54, 1.807) is 18.3 Å². The lowest BCUT2D eigenvalue weighted by Gasteiger charge is -2.14. The number of hydrogen-bond donors (Lipinski definition) is 2. The van der Waals surface area contributed by atoms with E-state index in [0.717, 1.165) is 64.6 Å². The smallest absolute Gasteiger partial charge is 0.156 e. The maximum atomic E-state index is 13.8. The fourth-order valence-electron chi connectivity index (χ4n) is 4.98. The van der Waals surface area contributed by atoms with Gasteiger partial charge in [-0.2, -0.15) is 5.10 Å². The minimum Gasteiger partial charge on any atom is -0.340 e. The number of aryl methyl sites for hydroxylation is 1. The van der Waals surface area contributed by atoms with E-state index in [2.05, 4.69) is 43.3 Å². The highest BCUT2D eigenvalue weighted by molar-refractivity contribution is 5.82. The number of aromatic amines is 2. The molecule has 0 unspecified atom stereocenters. The topological polar surface area (TPSA) is 73.5 Å². The number of allylic oxidation sites excluding steroid dienone is 1. The van der Waals surface area contributed by atoms with E-state index in [4.69, 9.17) is 4.98 Å². The van der Waals surface area contributed by atoms with Crippen molar-refractivity contribution in [1.82, 2.24) is 30.0 Å². The molecule has 1 aliphatic heterocycles. The molecule has 0 amide bonds. The first-order valence-corrected chi connectivity index (χ1v) is 12.2. The van der Waals surface area contributed by atoms with Crippen LogP contribution in [-0.2, 0) is 13.0 Å². The van der Waals surface area contributed by atoms with Crippen LogP contribution in [-0.4, -0.2) is 43.1 Å². The van der Waals surface area contributed by atoms with Gasteiger partial charge in [-0.25, -0.2) is 9.37 Å². The van der Waals surface area contributed by atoms with Gasteiger partial charge in [-0.05, 0) is 73.7 Å². The minimum atomic E-state index is -0.244. The lowest BCUT2D eigenvalue weighted by Crippen LogP contribution is -2.18. The quantitative estimate of drug-likeness (QED) is 0.395. The van der Waals surface area contributed by atoms with Crippen LogP contribution < -0.4 is 0 Å². The Morgan fingerprint density at radius 1 is 1.06 bits per heavy atom. The van der Waals surface area contributed by atoms with Crippen molar-refractivity contribution < 1.29 is 4.39 Å². The standard InChI is InChI=1S/C28H27FN6/c29-23-6-3-5-21(14-23)24-7-4-8-25-27(24)33-28(32-25)26-22(17-31-34-26)10-9-19-13-20(16-30-15-19)18-35-11-1-2-12-35/h3,5-7,9-10,13-17H,1-2,4,8,11-12,18H2,(H,31,34)(H,32,33)/b10-9+. The number of likely N-dealkylation sites (tertiary alicyclic amines) is 1. The van der Waals surface area contributed by atoms with Crippen LogP contribution >= 0.6 is 0 Å². The number of pyridine rings is 1. The molecular weight excluding hydrogens is 439 g/mol. The summed E-state index contributed by atoms with van der Waals surface area (Å²) >= 11 is 0. The van der Waals surface area contributed by atoms with E-state index in [1.807, 2.05) is 24.5 Å². The third-order valence-corrected chi connectivity index (χ3v) is 6.69. The van der Waals surface area contributed by atoms with Crippen molar-refractivity contribution >= 4 is 17.7 Å². The lowest BCUT2D eigenvalue weighted by atomic mass is 9.94. The molecule has 6 nitrogen and oxygen atoms in total. The Bertz CT molecular complexity index is 1410. The summed E-state index contributed by atoms with van der Waals surface area (Å²) in [6.07, 6.45) is 16.2. The molecule has 0 spiro atoms. The first-order chi connectivity index (χ1) is 17.2. The van der Waals surface area contributed by atoms with Crippen molar-refractivity contribution in [1.29, 1.82) is 0 Å². The molecule has 1 fully saturated rings. The van der Waals surface area contributed by atoms with Gasteiger partial charge in [0.1, 0.15) is 11.5 Å². The number of rotatable bonds is 6. The van der Waals surface area contributed by atoms with E-state index < -0.39 is 0 Å². The van der Waals surface area contributed by atoms with E-state index in [-0.39, 0.29) is 5.82 Å². The molecule has 6 rings (SSSR count). The molecule has 3 aromatic heterocycles. The average Bonchev–Trinajstić information content (AvgIpc) is 3.63. The Kier molecular flexibility index (Phi) is 5.84. The molecular formula is C28H27FN6. The van der Waals surface area contributed by atoms with Gasteiger partial charge in [0.05, 0.1) is 11.9 Å². The highest BCUT2D eigenvalue weighted by atomic mass is 19.1. The average molecular weight is 467 g/mol. The number of halogens is 1. The Balaban J connectivity index is 1.25. The predicted octanol–water partition coefficient (Wildman–Crippen LogP) is 5.48. The fourth-order valence-corrected chi connectivity index (χ4v) is 4.98. The zero-order valence-corrected chi connectivity index (χ0v) is 19.5. The molecule has 0 bridgehead atoms. The second-order valence-corrected chi connectivity index (χ2v) is 9.22. The van der Waals surface area contributed by atoms with Crippen LogP contribution in [0.4, 0.5) is 4.39 Å². The summed E-state index contributed by atoms with van der Waals surface area (Å²) in [6, 6.07) is 8.88. The summed E-state index contributed by atoms with van der Waals surface area (Å²) in [5, 5.41) is 7.36. The summed E-state index contributed by atoms with van der Waals surface area (Å²) < 4.78 is 13.8. The van der Waals surface area contributed by atoms with Crippen LogP contribution in [0.2, 0.25) is 0 Å². The number of aromatic nitrogens is 5. The predicted molar refractivity (Wildman–Crippen MR) is 136 cm³/mol. The van der Waals surface area contributed by atoms with Crippen molar-refractivity contribution in [2.75, 3.05) is 13.1 Å². The number of hydrogen-bond acceptors (Lipinski definition) is 4. The SMILES string of the molecule is Fc1cccc(C2=CCCc3[nH]c(-c4[nH]ncc4/C=C/c4cncc(CN5CCCC5)c4)nc32)c1. The molecule has 1 aromatic carbocycles. The third-order valence-electron chi connectivity index (χ3n) is 6.69. The molecule has 2 aliphatic rings. The molecule has 1 aliphatic carbocycles. The Hall–Kier alpha value is -3.84. The van der Waals surface area contributed by atoms with Crippen molar-refractivity contribution in [2.45, 2.75) is 32.2 Å². The minimum absolute atomic E-state index is 0.244. The molecule has 4 heterocycles. The van der Waals surface area contributed by atoms with E-state index >= 15 is 0 Å². The van der Waals surface area contributed by atoms with Crippen LogP contribution in [0.25, 0.3) is 29.2 Å². The molecule has 1 saturated heterocycles. The Labute approximate surface area is 203 Å². The maximum Gasteiger partial charge on any atom is 0.156 e. The summed E-state index contributed by atoms with van der Waals surface area (Å²) in [5.74, 6) is 0.489. The number of fused-ring (bicyclic) bond motifs is 1. The van der Waals surface area contributed by atoms with Crippen molar-refractivity contribution in [3.05, 3.63) is 94.5 Å². The van der Waals surface area contributed by atoms with Gasteiger partial charge in [0.25, 0.3) is 0 Å². The Morgan fingerprint density at radius 3 is 2.86 bits per heavy atom. The summed E-state index contributed by atoms with van der Waals surface area (Å²) in [6.45, 7) is 3.29. The zero-order chi connectivity index (χ0) is 23.6. The molecule has 2 N–H and O–H groups in total. The first-order valence-electron chi connectivity index (χ1n) is 12.2. The van der Waals surface area contributed by atoms with E-state index in [0.29, 0.717) is 0 Å². The van der Waals surface area contributed by atoms with Crippen LogP contribution in [0, 0.1) is 5.82 Å².